The summed E-state index contributed by atoms with van der Waals surface area (Å²) in [5.74, 6) is -1.61. The van der Waals surface area contributed by atoms with Crippen LogP contribution >= 0.6 is 11.6 Å². The molecule has 1 aromatic carbocycles. The van der Waals surface area contributed by atoms with Crippen LogP contribution in [0.25, 0.3) is 0 Å². The molecule has 1 aromatic rings. The van der Waals surface area contributed by atoms with Crippen LogP contribution in [0.5, 0.6) is 0 Å². The molecule has 0 N–H and O–H groups in total. The Morgan fingerprint density at radius 3 is 2.50 bits per heavy atom. The van der Waals surface area contributed by atoms with E-state index in [2.05, 4.69) is 0 Å². The second-order valence-electron chi connectivity index (χ2n) is 4.12. The lowest BCUT2D eigenvalue weighted by Crippen LogP contribution is -2.32. The fraction of sp³-hybridized carbons (Fsp3) is 0.462. The topological polar surface area (TPSA) is 20.3 Å². The normalized spacial score (nSPS) is 11.5. The van der Waals surface area contributed by atoms with Gasteiger partial charge >= 0.3 is 6.18 Å². The number of carbonyl (C=O) groups is 1. The number of rotatable bonds is 5. The van der Waals surface area contributed by atoms with E-state index < -0.39 is 23.5 Å². The first-order chi connectivity index (χ1) is 9.31. The van der Waals surface area contributed by atoms with Crippen molar-refractivity contribution in [3.63, 3.8) is 0 Å². The average molecular weight is 312 g/mol. The van der Waals surface area contributed by atoms with Crippen molar-refractivity contribution in [2.45, 2.75) is 19.5 Å². The molecule has 20 heavy (non-hydrogen) atoms. The van der Waals surface area contributed by atoms with Crippen molar-refractivity contribution < 1.29 is 22.4 Å². The van der Waals surface area contributed by atoms with Gasteiger partial charge in [0.2, 0.25) is 0 Å². The van der Waals surface area contributed by atoms with E-state index in [9.17, 15) is 22.4 Å². The van der Waals surface area contributed by atoms with Crippen molar-refractivity contribution in [2.75, 3.05) is 19.0 Å². The number of alkyl halides is 4. The molecule has 1 amide bonds. The predicted octanol–water partition coefficient (Wildman–Crippen LogP) is 3.94. The zero-order chi connectivity index (χ0) is 15.3. The standard InChI is InChI=1S/C13H14ClF4NO/c1-2-19(7-3-6-14)12(20)9-4-5-11(15)10(8-9)13(16,17)18/h4-5,8H,2-3,6-7H2,1H3. The second kappa shape index (κ2) is 6.92. The number of carbonyl (C=O) groups excluding carboxylic acids is 1. The van der Waals surface area contributed by atoms with Crippen LogP contribution in [0.2, 0.25) is 0 Å². The summed E-state index contributed by atoms with van der Waals surface area (Å²) < 4.78 is 50.9. The lowest BCUT2D eigenvalue weighted by molar-refractivity contribution is -0.140. The van der Waals surface area contributed by atoms with Gasteiger partial charge in [-0.3, -0.25) is 4.79 Å². The van der Waals surface area contributed by atoms with E-state index in [-0.39, 0.29) is 5.56 Å². The lowest BCUT2D eigenvalue weighted by Gasteiger charge is -2.21. The molecule has 0 radical (unpaired) electrons. The van der Waals surface area contributed by atoms with Gasteiger partial charge in [-0.25, -0.2) is 4.39 Å². The number of amides is 1. The maximum absolute atomic E-state index is 13.2. The fourth-order valence-electron chi connectivity index (χ4n) is 1.71. The number of hydrogen-bond acceptors (Lipinski definition) is 1. The van der Waals surface area contributed by atoms with Crippen LogP contribution in [0.1, 0.15) is 29.3 Å². The third-order valence-corrected chi connectivity index (χ3v) is 3.02. The Bertz CT molecular complexity index is 476. The van der Waals surface area contributed by atoms with E-state index in [0.29, 0.717) is 37.5 Å². The first-order valence-corrected chi connectivity index (χ1v) is 6.56. The Morgan fingerprint density at radius 2 is 2.00 bits per heavy atom. The molecule has 0 fully saturated rings. The molecule has 0 aliphatic heterocycles. The van der Waals surface area contributed by atoms with Gasteiger partial charge in [0.15, 0.2) is 0 Å². The Balaban J connectivity index is 3.04. The summed E-state index contributed by atoms with van der Waals surface area (Å²) in [6.07, 6.45) is -4.29. The van der Waals surface area contributed by atoms with Gasteiger partial charge in [-0.05, 0) is 31.5 Å². The molecule has 0 aliphatic rings. The summed E-state index contributed by atoms with van der Waals surface area (Å²) in [5.41, 5.74) is -1.62. The molecule has 112 valence electrons. The van der Waals surface area contributed by atoms with Crippen LogP contribution in [0.4, 0.5) is 17.6 Å². The quantitative estimate of drug-likeness (QED) is 0.596. The molecule has 0 aliphatic carbocycles. The van der Waals surface area contributed by atoms with Gasteiger partial charge in [-0.15, -0.1) is 11.6 Å². The fourth-order valence-corrected chi connectivity index (χ4v) is 1.83. The highest BCUT2D eigenvalue weighted by molar-refractivity contribution is 6.17. The minimum absolute atomic E-state index is 0.185. The summed E-state index contributed by atoms with van der Waals surface area (Å²) in [5, 5.41) is 0. The van der Waals surface area contributed by atoms with E-state index in [1.165, 1.54) is 4.90 Å². The molecular formula is C13H14ClF4NO. The van der Waals surface area contributed by atoms with Crippen LogP contribution in [0.15, 0.2) is 18.2 Å². The van der Waals surface area contributed by atoms with Crippen LogP contribution < -0.4 is 0 Å². The first-order valence-electron chi connectivity index (χ1n) is 6.03. The molecule has 0 saturated carbocycles. The van der Waals surface area contributed by atoms with Crippen molar-refractivity contribution in [1.29, 1.82) is 0 Å². The van der Waals surface area contributed by atoms with Gasteiger partial charge in [-0.1, -0.05) is 0 Å². The van der Waals surface area contributed by atoms with Crippen LogP contribution in [0.3, 0.4) is 0 Å². The molecule has 0 saturated heterocycles. The van der Waals surface area contributed by atoms with Crippen molar-refractivity contribution in [2.24, 2.45) is 0 Å². The highest BCUT2D eigenvalue weighted by atomic mass is 35.5. The molecule has 0 unspecified atom stereocenters. The highest BCUT2D eigenvalue weighted by Gasteiger charge is 2.35. The molecule has 1 rings (SSSR count). The largest absolute Gasteiger partial charge is 0.419 e. The van der Waals surface area contributed by atoms with Crippen molar-refractivity contribution in [3.8, 4) is 0 Å². The van der Waals surface area contributed by atoms with E-state index in [4.69, 9.17) is 11.6 Å². The number of halogens is 5. The SMILES string of the molecule is CCN(CCCCl)C(=O)c1ccc(F)c(C(F)(F)F)c1. The lowest BCUT2D eigenvalue weighted by atomic mass is 10.1. The number of benzene rings is 1. The Morgan fingerprint density at radius 1 is 1.35 bits per heavy atom. The molecule has 0 heterocycles. The van der Waals surface area contributed by atoms with Gasteiger partial charge in [-0.2, -0.15) is 13.2 Å². The summed E-state index contributed by atoms with van der Waals surface area (Å²) >= 11 is 5.52. The number of nitrogens with zero attached hydrogens (tertiary/aromatic N) is 1. The first kappa shape index (κ1) is 16.8. The smallest absolute Gasteiger partial charge is 0.339 e. The monoisotopic (exact) mass is 311 g/mol. The molecule has 2 nitrogen and oxygen atoms in total. The minimum atomic E-state index is -4.83. The van der Waals surface area contributed by atoms with Gasteiger partial charge < -0.3 is 4.90 Å². The third kappa shape index (κ3) is 4.10. The maximum Gasteiger partial charge on any atom is 0.419 e. The Labute approximate surface area is 119 Å². The van der Waals surface area contributed by atoms with Crippen LogP contribution in [0, 0.1) is 5.82 Å². The minimum Gasteiger partial charge on any atom is -0.339 e. The molecule has 0 spiro atoms. The number of hydrogen-bond donors (Lipinski definition) is 0. The van der Waals surface area contributed by atoms with Crippen LogP contribution in [-0.4, -0.2) is 29.8 Å². The van der Waals surface area contributed by atoms with E-state index >= 15 is 0 Å². The molecular weight excluding hydrogens is 298 g/mol. The molecule has 0 aromatic heterocycles. The zero-order valence-corrected chi connectivity index (χ0v) is 11.6. The van der Waals surface area contributed by atoms with Crippen molar-refractivity contribution in [1.82, 2.24) is 4.90 Å². The van der Waals surface area contributed by atoms with Gasteiger partial charge in [0, 0.05) is 24.5 Å². The van der Waals surface area contributed by atoms with E-state index in [0.717, 1.165) is 6.07 Å². The van der Waals surface area contributed by atoms with E-state index in [1.807, 2.05) is 0 Å². The molecule has 0 bridgehead atoms. The highest BCUT2D eigenvalue weighted by Crippen LogP contribution is 2.32. The second-order valence-corrected chi connectivity index (χ2v) is 4.50. The summed E-state index contributed by atoms with van der Waals surface area (Å²) in [6, 6.07) is 2.25. The van der Waals surface area contributed by atoms with Crippen LogP contribution in [-0.2, 0) is 6.18 Å². The third-order valence-electron chi connectivity index (χ3n) is 2.75. The Kier molecular flexibility index (Phi) is 5.80. The molecule has 7 heteroatoms. The van der Waals surface area contributed by atoms with Gasteiger partial charge in [0.05, 0.1) is 5.56 Å². The Hall–Kier alpha value is -1.30. The van der Waals surface area contributed by atoms with Crippen molar-refractivity contribution in [3.05, 3.63) is 35.1 Å². The van der Waals surface area contributed by atoms with Gasteiger partial charge in [0.25, 0.3) is 5.91 Å². The summed E-state index contributed by atoms with van der Waals surface area (Å²) in [6.45, 7) is 2.40. The van der Waals surface area contributed by atoms with Crippen molar-refractivity contribution >= 4 is 17.5 Å². The zero-order valence-electron chi connectivity index (χ0n) is 10.8. The average Bonchev–Trinajstić information content (AvgIpc) is 2.38. The summed E-state index contributed by atoms with van der Waals surface area (Å²) in [7, 11) is 0. The molecule has 0 atom stereocenters. The maximum atomic E-state index is 13.2. The van der Waals surface area contributed by atoms with E-state index in [1.54, 1.807) is 6.92 Å². The predicted molar refractivity (Wildman–Crippen MR) is 68.3 cm³/mol. The summed E-state index contributed by atoms with van der Waals surface area (Å²) in [4.78, 5) is 13.4. The van der Waals surface area contributed by atoms with Gasteiger partial charge in [0.1, 0.15) is 5.82 Å².